The van der Waals surface area contributed by atoms with Gasteiger partial charge in [-0.3, -0.25) is 9.59 Å². The van der Waals surface area contributed by atoms with E-state index in [1.165, 1.54) is 85.0 Å². The minimum absolute atomic E-state index is 0.360. The van der Waals surface area contributed by atoms with Crippen LogP contribution in [0.25, 0.3) is 0 Å². The Balaban J connectivity index is 4.09. The summed E-state index contributed by atoms with van der Waals surface area (Å²) in [5.41, 5.74) is 0. The summed E-state index contributed by atoms with van der Waals surface area (Å²) in [6, 6.07) is 0. The van der Waals surface area contributed by atoms with Crippen LogP contribution in [0.2, 0.25) is 0 Å². The molecule has 0 aliphatic heterocycles. The van der Waals surface area contributed by atoms with Gasteiger partial charge in [-0.25, -0.2) is 9.59 Å². The van der Waals surface area contributed by atoms with E-state index in [1.54, 1.807) is 0 Å². The summed E-state index contributed by atoms with van der Waals surface area (Å²) in [6.07, 6.45) is 14.6. The summed E-state index contributed by atoms with van der Waals surface area (Å²) in [5, 5.41) is 18.3. The van der Waals surface area contributed by atoms with Gasteiger partial charge in [0.2, 0.25) is 0 Å². The van der Waals surface area contributed by atoms with Crippen molar-refractivity contribution in [3.8, 4) is 0 Å². The van der Waals surface area contributed by atoms with E-state index < -0.39 is 47.9 Å². The number of hydrogen-bond donors (Lipinski definition) is 2. The average Bonchev–Trinajstić information content (AvgIpc) is 2.80. The van der Waals surface area contributed by atoms with Crippen molar-refractivity contribution in [2.75, 3.05) is 0 Å². The number of carboxylic acids is 2. The molecule has 0 saturated carbocycles. The molecule has 0 aliphatic carbocycles. The first-order valence-electron chi connectivity index (χ1n) is 13.5. The second kappa shape index (κ2) is 20.1. The maximum atomic E-state index is 12.4. The van der Waals surface area contributed by atoms with Crippen LogP contribution in [-0.2, 0) is 28.7 Å². The SMILES string of the molecule is CCCCCCCCCCCCCCCCC(C(=O)O)C(C)C(=O)O[C@@H](C)C(=O)O[C@@H](C)C(=O)O. The zero-order valence-electron chi connectivity index (χ0n) is 22.3. The number of unbranched alkanes of at least 4 members (excludes halogenated alkanes) is 13. The van der Waals surface area contributed by atoms with Crippen molar-refractivity contribution in [1.82, 2.24) is 0 Å². The fourth-order valence-corrected chi connectivity index (χ4v) is 3.96. The van der Waals surface area contributed by atoms with Crippen molar-refractivity contribution < 1.29 is 38.9 Å². The van der Waals surface area contributed by atoms with Gasteiger partial charge in [-0.2, -0.15) is 0 Å². The highest BCUT2D eigenvalue weighted by Gasteiger charge is 2.33. The molecule has 4 atom stereocenters. The van der Waals surface area contributed by atoms with Crippen LogP contribution in [0.15, 0.2) is 0 Å². The van der Waals surface area contributed by atoms with Crippen LogP contribution in [0.5, 0.6) is 0 Å². The zero-order chi connectivity index (χ0) is 26.6. The molecule has 0 bridgehead atoms. The molecule has 8 heteroatoms. The summed E-state index contributed by atoms with van der Waals surface area (Å²) < 4.78 is 9.73. The van der Waals surface area contributed by atoms with Gasteiger partial charge >= 0.3 is 23.9 Å². The second-order valence-corrected chi connectivity index (χ2v) is 9.61. The van der Waals surface area contributed by atoms with Gasteiger partial charge in [0, 0.05) is 0 Å². The minimum Gasteiger partial charge on any atom is -0.481 e. The van der Waals surface area contributed by atoms with E-state index in [9.17, 15) is 24.3 Å². The molecule has 0 aromatic carbocycles. The van der Waals surface area contributed by atoms with E-state index in [0.29, 0.717) is 12.8 Å². The normalized spacial score (nSPS) is 14.5. The van der Waals surface area contributed by atoms with Gasteiger partial charge < -0.3 is 19.7 Å². The smallest absolute Gasteiger partial charge is 0.347 e. The number of rotatable bonds is 22. The van der Waals surface area contributed by atoms with Gasteiger partial charge in [0.25, 0.3) is 0 Å². The van der Waals surface area contributed by atoms with E-state index >= 15 is 0 Å². The molecule has 8 nitrogen and oxygen atoms in total. The lowest BCUT2D eigenvalue weighted by molar-refractivity contribution is -0.177. The molecule has 0 rings (SSSR count). The third kappa shape index (κ3) is 16.2. The van der Waals surface area contributed by atoms with E-state index in [2.05, 4.69) is 11.7 Å². The highest BCUT2D eigenvalue weighted by molar-refractivity contribution is 5.84. The van der Waals surface area contributed by atoms with Crippen molar-refractivity contribution in [1.29, 1.82) is 0 Å². The summed E-state index contributed by atoms with van der Waals surface area (Å²) in [5.74, 6) is -6.01. The maximum Gasteiger partial charge on any atom is 0.347 e. The van der Waals surface area contributed by atoms with Crippen LogP contribution in [-0.4, -0.2) is 46.3 Å². The Labute approximate surface area is 211 Å². The van der Waals surface area contributed by atoms with Crippen LogP contribution in [0, 0.1) is 11.8 Å². The number of ether oxygens (including phenoxy) is 2. The van der Waals surface area contributed by atoms with Gasteiger partial charge in [-0.15, -0.1) is 0 Å². The Morgan fingerprint density at radius 2 is 0.971 bits per heavy atom. The molecule has 204 valence electrons. The minimum atomic E-state index is -1.37. The molecule has 0 spiro atoms. The summed E-state index contributed by atoms with van der Waals surface area (Å²) in [6.45, 7) is 6.17. The molecule has 0 saturated heterocycles. The number of carbonyl (C=O) groups is 4. The maximum absolute atomic E-state index is 12.4. The molecule has 0 radical (unpaired) electrons. The molecule has 35 heavy (non-hydrogen) atoms. The molecule has 0 aromatic heterocycles. The highest BCUT2D eigenvalue weighted by Crippen LogP contribution is 2.22. The number of aliphatic carboxylic acids is 2. The first-order valence-corrected chi connectivity index (χ1v) is 13.5. The first-order chi connectivity index (χ1) is 16.6. The quantitative estimate of drug-likeness (QED) is 0.134. The number of carbonyl (C=O) groups excluding carboxylic acids is 2. The zero-order valence-corrected chi connectivity index (χ0v) is 22.3. The standard InChI is InChI=1S/C27H48O8/c1-5-6-7-8-9-10-11-12-13-14-15-16-17-18-19-23(25(30)31)20(2)26(32)35-22(4)27(33)34-21(3)24(28)29/h20-23H,5-19H2,1-4H3,(H,28,29)(H,30,31)/t20?,21-,22-,23?/m0/s1. The van der Waals surface area contributed by atoms with E-state index in [-0.39, 0.29) is 0 Å². The van der Waals surface area contributed by atoms with Crippen LogP contribution in [0.4, 0.5) is 0 Å². The molecule has 0 amide bonds. The molecule has 2 unspecified atom stereocenters. The third-order valence-corrected chi connectivity index (χ3v) is 6.43. The van der Waals surface area contributed by atoms with E-state index in [0.717, 1.165) is 19.3 Å². The monoisotopic (exact) mass is 500 g/mol. The van der Waals surface area contributed by atoms with Crippen LogP contribution in [0.1, 0.15) is 124 Å². The van der Waals surface area contributed by atoms with Crippen molar-refractivity contribution in [3.05, 3.63) is 0 Å². The molecular weight excluding hydrogens is 452 g/mol. The summed E-state index contributed by atoms with van der Waals surface area (Å²) in [7, 11) is 0. The average molecular weight is 501 g/mol. The Bertz CT molecular complexity index is 618. The number of carboxylic acid groups (broad SMARTS) is 2. The predicted molar refractivity (Wildman–Crippen MR) is 134 cm³/mol. The summed E-state index contributed by atoms with van der Waals surface area (Å²) in [4.78, 5) is 46.7. The topological polar surface area (TPSA) is 127 Å². The van der Waals surface area contributed by atoms with E-state index in [1.807, 2.05) is 0 Å². The molecule has 0 heterocycles. The second-order valence-electron chi connectivity index (χ2n) is 9.61. The van der Waals surface area contributed by atoms with E-state index in [4.69, 9.17) is 9.84 Å². The lowest BCUT2D eigenvalue weighted by Gasteiger charge is -2.21. The molecule has 0 fully saturated rings. The van der Waals surface area contributed by atoms with Gasteiger partial charge in [0.1, 0.15) is 0 Å². The van der Waals surface area contributed by atoms with Gasteiger partial charge in [-0.05, 0) is 20.3 Å². The van der Waals surface area contributed by atoms with Crippen molar-refractivity contribution in [3.63, 3.8) is 0 Å². The third-order valence-electron chi connectivity index (χ3n) is 6.43. The Morgan fingerprint density at radius 1 is 0.571 bits per heavy atom. The van der Waals surface area contributed by atoms with Crippen LogP contribution >= 0.6 is 0 Å². The predicted octanol–water partition coefficient (Wildman–Crippen LogP) is 6.14. The largest absolute Gasteiger partial charge is 0.481 e. The fourth-order valence-electron chi connectivity index (χ4n) is 3.96. The summed E-state index contributed by atoms with van der Waals surface area (Å²) >= 11 is 0. The first kappa shape index (κ1) is 32.9. The Hall–Kier alpha value is -2.12. The molecule has 2 N–H and O–H groups in total. The Morgan fingerprint density at radius 3 is 1.37 bits per heavy atom. The van der Waals surface area contributed by atoms with Crippen LogP contribution < -0.4 is 0 Å². The van der Waals surface area contributed by atoms with Gasteiger partial charge in [0.15, 0.2) is 12.2 Å². The Kier molecular flexibility index (Phi) is 18.9. The lowest BCUT2D eigenvalue weighted by Crippen LogP contribution is -2.36. The number of esters is 2. The molecule has 0 aliphatic rings. The fraction of sp³-hybridized carbons (Fsp3) is 0.852. The van der Waals surface area contributed by atoms with Crippen LogP contribution in [0.3, 0.4) is 0 Å². The van der Waals surface area contributed by atoms with Gasteiger partial charge in [-0.1, -0.05) is 104 Å². The van der Waals surface area contributed by atoms with Crippen molar-refractivity contribution in [2.45, 2.75) is 136 Å². The van der Waals surface area contributed by atoms with Crippen molar-refractivity contribution >= 4 is 23.9 Å². The molecule has 0 aromatic rings. The number of hydrogen-bond acceptors (Lipinski definition) is 6. The molecular formula is C27H48O8. The van der Waals surface area contributed by atoms with Crippen molar-refractivity contribution in [2.24, 2.45) is 11.8 Å². The highest BCUT2D eigenvalue weighted by atomic mass is 16.6. The lowest BCUT2D eigenvalue weighted by atomic mass is 9.88. The van der Waals surface area contributed by atoms with Gasteiger partial charge in [0.05, 0.1) is 11.8 Å².